The van der Waals surface area contributed by atoms with Gasteiger partial charge < -0.3 is 0 Å². The van der Waals surface area contributed by atoms with E-state index in [1.54, 1.807) is 0 Å². The first kappa shape index (κ1) is 11.7. The zero-order chi connectivity index (χ0) is 10.7. The molecule has 1 aliphatic heterocycles. The molecule has 0 aliphatic carbocycles. The van der Waals surface area contributed by atoms with Crippen molar-refractivity contribution in [1.29, 1.82) is 0 Å². The largest absolute Gasteiger partial charge is 0.298 e. The number of hydrogen-bond acceptors (Lipinski definition) is 2. The molecule has 0 N–H and O–H groups in total. The minimum Gasteiger partial charge on any atom is -0.298 e. The summed E-state index contributed by atoms with van der Waals surface area (Å²) in [6.45, 7) is 9.49. The first-order valence-corrected chi connectivity index (χ1v) is 5.83. The molecular weight excluding hydrogens is 174 g/mol. The van der Waals surface area contributed by atoms with E-state index in [2.05, 4.69) is 18.7 Å². The molecule has 1 saturated heterocycles. The number of carbonyl (C=O) groups is 1. The molecule has 0 saturated carbocycles. The second-order valence-corrected chi connectivity index (χ2v) is 4.90. The summed E-state index contributed by atoms with van der Waals surface area (Å²) in [4.78, 5) is 14.3. The van der Waals surface area contributed by atoms with Gasteiger partial charge in [0.2, 0.25) is 0 Å². The number of hydrogen-bond donors (Lipinski definition) is 0. The van der Waals surface area contributed by atoms with Gasteiger partial charge in [-0.15, -0.1) is 0 Å². The summed E-state index contributed by atoms with van der Waals surface area (Å²) in [5.41, 5.74) is 0. The zero-order valence-electron chi connectivity index (χ0n) is 9.92. The lowest BCUT2D eigenvalue weighted by molar-refractivity contribution is -0.129. The van der Waals surface area contributed by atoms with E-state index >= 15 is 0 Å². The summed E-state index contributed by atoms with van der Waals surface area (Å²) in [5.74, 6) is 0.609. The van der Waals surface area contributed by atoms with Crippen LogP contribution in [0.4, 0.5) is 0 Å². The number of nitrogens with zero attached hydrogens (tertiary/aromatic N) is 1. The summed E-state index contributed by atoms with van der Waals surface area (Å²) >= 11 is 0. The van der Waals surface area contributed by atoms with Crippen LogP contribution in [0.3, 0.4) is 0 Å². The Morgan fingerprint density at radius 3 is 2.36 bits per heavy atom. The first-order valence-electron chi connectivity index (χ1n) is 5.83. The van der Waals surface area contributed by atoms with Crippen LogP contribution in [0.15, 0.2) is 0 Å². The van der Waals surface area contributed by atoms with Crippen molar-refractivity contribution in [2.24, 2.45) is 5.92 Å². The van der Waals surface area contributed by atoms with Crippen molar-refractivity contribution in [3.63, 3.8) is 0 Å². The second kappa shape index (κ2) is 4.92. The van der Waals surface area contributed by atoms with Gasteiger partial charge in [-0.25, -0.2) is 0 Å². The van der Waals surface area contributed by atoms with Crippen LogP contribution in [0.2, 0.25) is 0 Å². The van der Waals surface area contributed by atoms with Crippen LogP contribution in [0, 0.1) is 5.92 Å². The highest BCUT2D eigenvalue weighted by Gasteiger charge is 2.30. The van der Waals surface area contributed by atoms with Gasteiger partial charge in [-0.05, 0) is 33.2 Å². The minimum atomic E-state index is 0.180. The molecule has 2 nitrogen and oxygen atoms in total. The summed E-state index contributed by atoms with van der Waals surface area (Å²) < 4.78 is 0. The Hall–Kier alpha value is -0.370. The topological polar surface area (TPSA) is 20.3 Å². The molecule has 0 bridgehead atoms. The molecule has 0 unspecified atom stereocenters. The predicted octanol–water partition coefficient (Wildman–Crippen LogP) is 2.47. The molecule has 1 atom stereocenters. The van der Waals surface area contributed by atoms with Gasteiger partial charge in [0.25, 0.3) is 0 Å². The Kier molecular flexibility index (Phi) is 4.11. The van der Waals surface area contributed by atoms with Gasteiger partial charge in [0.05, 0.1) is 6.04 Å². The molecule has 1 heterocycles. The van der Waals surface area contributed by atoms with Crippen LogP contribution in [0.1, 0.15) is 47.0 Å². The third-order valence-corrected chi connectivity index (χ3v) is 3.10. The molecule has 82 valence electrons. The molecule has 14 heavy (non-hydrogen) atoms. The lowest BCUT2D eigenvalue weighted by Gasteiger charge is -2.38. The summed E-state index contributed by atoms with van der Waals surface area (Å²) in [5, 5.41) is 0. The van der Waals surface area contributed by atoms with Crippen molar-refractivity contribution >= 4 is 5.78 Å². The summed E-state index contributed by atoms with van der Waals surface area (Å²) in [6, 6.07) is 0.701. The van der Waals surface area contributed by atoms with Gasteiger partial charge in [0.1, 0.15) is 0 Å². The normalized spacial score (nSPS) is 24.6. The highest BCUT2D eigenvalue weighted by atomic mass is 16.1. The number of piperidine rings is 1. The predicted molar refractivity (Wildman–Crippen MR) is 59.3 cm³/mol. The molecule has 0 aromatic carbocycles. The summed E-state index contributed by atoms with van der Waals surface area (Å²) in [7, 11) is 0. The number of likely N-dealkylation sites (tertiary alicyclic amines) is 1. The van der Waals surface area contributed by atoms with E-state index in [9.17, 15) is 4.79 Å². The van der Waals surface area contributed by atoms with Gasteiger partial charge in [0, 0.05) is 12.0 Å². The summed E-state index contributed by atoms with van der Waals surface area (Å²) in [6.07, 6.45) is 3.53. The average molecular weight is 197 g/mol. The zero-order valence-corrected chi connectivity index (χ0v) is 9.92. The van der Waals surface area contributed by atoms with Gasteiger partial charge in [0.15, 0.2) is 5.78 Å². The maximum Gasteiger partial charge on any atom is 0.152 e. The van der Waals surface area contributed by atoms with E-state index in [1.165, 1.54) is 12.8 Å². The number of Topliss-reactive ketones (excluding diaryl/α,β-unsaturated/α-hetero) is 1. The van der Waals surface area contributed by atoms with Crippen LogP contribution < -0.4 is 0 Å². The van der Waals surface area contributed by atoms with Crippen LogP contribution in [0.25, 0.3) is 0 Å². The quantitative estimate of drug-likeness (QED) is 0.692. The van der Waals surface area contributed by atoms with Crippen LogP contribution in [-0.2, 0) is 4.79 Å². The Morgan fingerprint density at radius 1 is 1.21 bits per heavy atom. The Morgan fingerprint density at radius 2 is 1.86 bits per heavy atom. The fraction of sp³-hybridized carbons (Fsp3) is 0.917. The fourth-order valence-corrected chi connectivity index (χ4v) is 2.26. The van der Waals surface area contributed by atoms with Crippen LogP contribution >= 0.6 is 0 Å². The van der Waals surface area contributed by atoms with E-state index < -0.39 is 0 Å². The molecule has 1 fully saturated rings. The van der Waals surface area contributed by atoms with Gasteiger partial charge in [-0.1, -0.05) is 20.3 Å². The second-order valence-electron chi connectivity index (χ2n) is 4.90. The van der Waals surface area contributed by atoms with Crippen molar-refractivity contribution < 1.29 is 4.79 Å². The molecule has 0 spiro atoms. The molecule has 0 aromatic rings. The maximum absolute atomic E-state index is 12.0. The number of ketones is 1. The Bertz CT molecular complexity index is 198. The first-order chi connectivity index (χ1) is 6.54. The van der Waals surface area contributed by atoms with Gasteiger partial charge >= 0.3 is 0 Å². The van der Waals surface area contributed by atoms with Crippen molar-refractivity contribution in [2.75, 3.05) is 6.54 Å². The lowest BCUT2D eigenvalue weighted by atomic mass is 9.92. The van der Waals surface area contributed by atoms with E-state index in [4.69, 9.17) is 0 Å². The van der Waals surface area contributed by atoms with Crippen molar-refractivity contribution in [1.82, 2.24) is 4.90 Å². The highest BCUT2D eigenvalue weighted by molar-refractivity contribution is 5.85. The monoisotopic (exact) mass is 197 g/mol. The van der Waals surface area contributed by atoms with Crippen molar-refractivity contribution in [3.05, 3.63) is 0 Å². The maximum atomic E-state index is 12.0. The van der Waals surface area contributed by atoms with E-state index in [1.807, 2.05) is 13.8 Å². The third-order valence-electron chi connectivity index (χ3n) is 3.10. The average Bonchev–Trinajstić information content (AvgIpc) is 2.16. The van der Waals surface area contributed by atoms with Gasteiger partial charge in [-0.2, -0.15) is 0 Å². The molecule has 1 rings (SSSR count). The standard InChI is InChI=1S/C12H23NO/c1-9(2)12(14)11-7-5-6-8-13(11)10(3)4/h9-11H,5-8H2,1-4H3/t11-/m0/s1. The minimum absolute atomic E-state index is 0.180. The van der Waals surface area contributed by atoms with E-state index in [0.717, 1.165) is 13.0 Å². The Balaban J connectivity index is 2.67. The number of rotatable bonds is 3. The SMILES string of the molecule is CC(C)C(=O)[C@@H]1CCCCN1C(C)C. The Labute approximate surface area is 87.7 Å². The lowest BCUT2D eigenvalue weighted by Crippen LogP contribution is -2.49. The molecule has 0 aromatic heterocycles. The molecular formula is C12H23NO. The van der Waals surface area contributed by atoms with Crippen LogP contribution in [0.5, 0.6) is 0 Å². The number of carbonyl (C=O) groups excluding carboxylic acids is 1. The van der Waals surface area contributed by atoms with E-state index in [-0.39, 0.29) is 12.0 Å². The van der Waals surface area contributed by atoms with Crippen LogP contribution in [-0.4, -0.2) is 29.3 Å². The molecule has 2 heteroatoms. The smallest absolute Gasteiger partial charge is 0.152 e. The highest BCUT2D eigenvalue weighted by Crippen LogP contribution is 2.22. The molecule has 0 amide bonds. The molecule has 0 radical (unpaired) electrons. The van der Waals surface area contributed by atoms with Crippen molar-refractivity contribution in [2.45, 2.75) is 59.0 Å². The van der Waals surface area contributed by atoms with E-state index in [0.29, 0.717) is 11.8 Å². The van der Waals surface area contributed by atoms with Gasteiger partial charge in [-0.3, -0.25) is 9.69 Å². The molecule has 1 aliphatic rings. The van der Waals surface area contributed by atoms with Crippen molar-refractivity contribution in [3.8, 4) is 0 Å². The third kappa shape index (κ3) is 2.57. The fourth-order valence-electron chi connectivity index (χ4n) is 2.26.